The molecule has 0 bridgehead atoms. The van der Waals surface area contributed by atoms with Crippen molar-refractivity contribution in [1.82, 2.24) is 0 Å². The van der Waals surface area contributed by atoms with E-state index in [2.05, 4.69) is 10.0 Å². The van der Waals surface area contributed by atoms with Gasteiger partial charge in [-0.2, -0.15) is 0 Å². The van der Waals surface area contributed by atoms with Gasteiger partial charge in [0.1, 0.15) is 6.10 Å². The van der Waals surface area contributed by atoms with Crippen LogP contribution in [-0.2, 0) is 14.3 Å². The third-order valence-electron chi connectivity index (χ3n) is 1.34. The first-order valence-electron chi connectivity index (χ1n) is 3.76. The summed E-state index contributed by atoms with van der Waals surface area (Å²) in [6, 6.07) is 0. The normalized spacial score (nSPS) is 11.5. The van der Waals surface area contributed by atoms with E-state index < -0.39 is 17.7 Å². The van der Waals surface area contributed by atoms with Crippen molar-refractivity contribution in [2.24, 2.45) is 5.11 Å². The van der Waals surface area contributed by atoms with Crippen molar-refractivity contribution in [3.8, 4) is 0 Å². The fourth-order valence-electron chi connectivity index (χ4n) is 0.677. The minimum absolute atomic E-state index is 0.143. The van der Waals surface area contributed by atoms with Gasteiger partial charge in [-0.05, 0) is 12.5 Å². The number of nitrogens with zero attached hydrogens (tertiary/aromatic N) is 3. The molecule has 0 aliphatic rings. The molecule has 0 rings (SSSR count). The average Bonchev–Trinajstić information content (AvgIpc) is 2.10. The molecule has 0 saturated heterocycles. The molecule has 0 amide bonds. The van der Waals surface area contributed by atoms with Gasteiger partial charge >= 0.3 is 0 Å². The van der Waals surface area contributed by atoms with E-state index in [1.165, 1.54) is 13.8 Å². The third kappa shape index (κ3) is 4.95. The van der Waals surface area contributed by atoms with Crippen molar-refractivity contribution >= 4 is 11.6 Å². The van der Waals surface area contributed by atoms with Crippen molar-refractivity contribution in [1.29, 1.82) is 0 Å². The summed E-state index contributed by atoms with van der Waals surface area (Å²) in [4.78, 5) is 24.0. The van der Waals surface area contributed by atoms with Gasteiger partial charge in [0.2, 0.25) is 5.78 Å². The summed E-state index contributed by atoms with van der Waals surface area (Å²) in [5.74, 6) is -1.10. The van der Waals surface area contributed by atoms with Crippen LogP contribution < -0.4 is 0 Å². The molecule has 0 aromatic heterocycles. The summed E-state index contributed by atoms with van der Waals surface area (Å²) >= 11 is 0. The Morgan fingerprint density at radius 3 is 2.69 bits per heavy atom. The van der Waals surface area contributed by atoms with E-state index in [0.717, 1.165) is 0 Å². The minimum atomic E-state index is -0.758. The lowest BCUT2D eigenvalue weighted by Gasteiger charge is -2.07. The highest BCUT2D eigenvalue weighted by Crippen LogP contribution is 1.93. The molecular formula is C7H11N3O3. The molecule has 0 radical (unpaired) electrons. The van der Waals surface area contributed by atoms with Gasteiger partial charge in [0.15, 0.2) is 5.78 Å². The van der Waals surface area contributed by atoms with E-state index >= 15 is 0 Å². The predicted octanol–water partition coefficient (Wildman–Crippen LogP) is 0.860. The molecule has 6 nitrogen and oxygen atoms in total. The fourth-order valence-corrected chi connectivity index (χ4v) is 0.677. The first-order chi connectivity index (χ1) is 6.09. The largest absolute Gasteiger partial charge is 0.370 e. The van der Waals surface area contributed by atoms with Crippen molar-refractivity contribution in [2.75, 3.05) is 13.2 Å². The molecule has 1 atom stereocenters. The Morgan fingerprint density at radius 2 is 2.23 bits per heavy atom. The molecule has 0 aliphatic carbocycles. The Hall–Kier alpha value is -1.39. The van der Waals surface area contributed by atoms with Crippen LogP contribution in [0.25, 0.3) is 10.4 Å². The van der Waals surface area contributed by atoms with Crippen LogP contribution in [0.3, 0.4) is 0 Å². The third-order valence-corrected chi connectivity index (χ3v) is 1.34. The predicted molar refractivity (Wildman–Crippen MR) is 45.1 cm³/mol. The van der Waals surface area contributed by atoms with Crippen LogP contribution in [0.15, 0.2) is 5.11 Å². The highest BCUT2D eigenvalue weighted by Gasteiger charge is 2.17. The van der Waals surface area contributed by atoms with E-state index in [9.17, 15) is 9.59 Å². The second kappa shape index (κ2) is 6.16. The topological polar surface area (TPSA) is 92.1 Å². The molecule has 0 N–H and O–H groups in total. The Balaban J connectivity index is 3.74. The SMILES string of the molecule is CC(=O)C(=O)C(C)OCCN=[N+]=[N-]. The fraction of sp³-hybridized carbons (Fsp3) is 0.714. The number of ketones is 2. The van der Waals surface area contributed by atoms with Gasteiger partial charge in [-0.3, -0.25) is 9.59 Å². The highest BCUT2D eigenvalue weighted by atomic mass is 16.5. The van der Waals surface area contributed by atoms with Crippen molar-refractivity contribution in [3.05, 3.63) is 10.4 Å². The van der Waals surface area contributed by atoms with Gasteiger partial charge < -0.3 is 4.74 Å². The summed E-state index contributed by atoms with van der Waals surface area (Å²) in [6.07, 6.45) is -0.758. The quantitative estimate of drug-likeness (QED) is 0.202. The van der Waals surface area contributed by atoms with Gasteiger partial charge in [-0.25, -0.2) is 0 Å². The van der Waals surface area contributed by atoms with Crippen LogP contribution in [0.5, 0.6) is 0 Å². The highest BCUT2D eigenvalue weighted by molar-refractivity contribution is 6.37. The maximum atomic E-state index is 10.9. The van der Waals surface area contributed by atoms with E-state index in [1.54, 1.807) is 0 Å². The monoisotopic (exact) mass is 185 g/mol. The maximum Gasteiger partial charge on any atom is 0.226 e. The van der Waals surface area contributed by atoms with Crippen molar-refractivity contribution in [3.63, 3.8) is 0 Å². The minimum Gasteiger partial charge on any atom is -0.370 e. The second-order valence-corrected chi connectivity index (χ2v) is 2.39. The number of rotatable bonds is 6. The molecule has 72 valence electrons. The molecule has 6 heteroatoms. The molecule has 0 spiro atoms. The number of ether oxygens (including phenoxy) is 1. The van der Waals surface area contributed by atoms with Gasteiger partial charge in [-0.1, -0.05) is 5.11 Å². The summed E-state index contributed by atoms with van der Waals surface area (Å²) in [7, 11) is 0. The molecule has 1 unspecified atom stereocenters. The smallest absolute Gasteiger partial charge is 0.226 e. The number of hydrogen-bond donors (Lipinski definition) is 0. The number of hydrogen-bond acceptors (Lipinski definition) is 4. The van der Waals surface area contributed by atoms with Gasteiger partial charge in [0.05, 0.1) is 6.61 Å². The van der Waals surface area contributed by atoms with Gasteiger partial charge in [0, 0.05) is 18.4 Å². The maximum absolute atomic E-state index is 10.9. The standard InChI is InChI=1S/C7H11N3O3/c1-5(11)7(12)6(2)13-4-3-9-10-8/h6H,3-4H2,1-2H3. The Morgan fingerprint density at radius 1 is 1.62 bits per heavy atom. The molecule has 0 aromatic carbocycles. The van der Waals surface area contributed by atoms with Crippen LogP contribution in [0.1, 0.15) is 13.8 Å². The summed E-state index contributed by atoms with van der Waals surface area (Å²) in [5, 5.41) is 3.21. The summed E-state index contributed by atoms with van der Waals surface area (Å²) in [5.41, 5.74) is 7.91. The first-order valence-corrected chi connectivity index (χ1v) is 3.76. The number of Topliss-reactive ketones (excluding diaryl/α,β-unsaturated/α-hetero) is 2. The number of carbonyl (C=O) groups excluding carboxylic acids is 2. The summed E-state index contributed by atoms with van der Waals surface area (Å²) in [6.45, 7) is 2.98. The van der Waals surface area contributed by atoms with Crippen LogP contribution >= 0.6 is 0 Å². The molecule has 0 saturated carbocycles. The molecule has 0 fully saturated rings. The van der Waals surface area contributed by atoms with Crippen LogP contribution in [-0.4, -0.2) is 30.8 Å². The van der Waals surface area contributed by atoms with E-state index in [-0.39, 0.29) is 13.2 Å². The van der Waals surface area contributed by atoms with E-state index in [0.29, 0.717) is 0 Å². The van der Waals surface area contributed by atoms with Crippen LogP contribution in [0.4, 0.5) is 0 Å². The Labute approximate surface area is 75.5 Å². The average molecular weight is 185 g/mol. The zero-order valence-corrected chi connectivity index (χ0v) is 7.56. The molecule has 13 heavy (non-hydrogen) atoms. The summed E-state index contributed by atoms with van der Waals surface area (Å²) < 4.78 is 4.93. The lowest BCUT2D eigenvalue weighted by atomic mass is 10.2. The zero-order chi connectivity index (χ0) is 10.3. The van der Waals surface area contributed by atoms with Gasteiger partial charge in [-0.15, -0.1) is 0 Å². The van der Waals surface area contributed by atoms with Crippen molar-refractivity contribution < 1.29 is 14.3 Å². The van der Waals surface area contributed by atoms with E-state index in [1.807, 2.05) is 0 Å². The zero-order valence-electron chi connectivity index (χ0n) is 7.56. The molecule has 0 aromatic rings. The Kier molecular flexibility index (Phi) is 5.50. The molecule has 0 heterocycles. The molecule has 0 aliphatic heterocycles. The van der Waals surface area contributed by atoms with Crippen LogP contribution in [0, 0.1) is 0 Å². The first kappa shape index (κ1) is 11.6. The van der Waals surface area contributed by atoms with Crippen LogP contribution in [0.2, 0.25) is 0 Å². The second-order valence-electron chi connectivity index (χ2n) is 2.39. The lowest BCUT2D eigenvalue weighted by Crippen LogP contribution is -2.27. The number of azide groups is 1. The lowest BCUT2D eigenvalue weighted by molar-refractivity contribution is -0.141. The van der Waals surface area contributed by atoms with E-state index in [4.69, 9.17) is 10.3 Å². The Bertz CT molecular complexity index is 245. The molecular weight excluding hydrogens is 174 g/mol. The van der Waals surface area contributed by atoms with Gasteiger partial charge in [0.25, 0.3) is 0 Å². The van der Waals surface area contributed by atoms with Crippen molar-refractivity contribution in [2.45, 2.75) is 20.0 Å². The number of carbonyl (C=O) groups is 2.